The highest BCUT2D eigenvalue weighted by Gasteiger charge is 2.14. The fraction of sp³-hybridized carbons (Fsp3) is 0.667. The molecule has 1 unspecified atom stereocenters. The molecule has 0 spiro atoms. The number of hydrogen-bond donors (Lipinski definition) is 0. The van der Waals surface area contributed by atoms with Crippen molar-refractivity contribution >= 4 is 5.97 Å². The molecule has 0 amide bonds. The number of carbonyl (C=O) groups excluding carboxylic acids is 1. The summed E-state index contributed by atoms with van der Waals surface area (Å²) in [7, 11) is 0. The van der Waals surface area contributed by atoms with Crippen molar-refractivity contribution in [1.82, 2.24) is 4.98 Å². The van der Waals surface area contributed by atoms with E-state index in [9.17, 15) is 4.79 Å². The zero-order valence-electron chi connectivity index (χ0n) is 13.5. The van der Waals surface area contributed by atoms with E-state index in [1.165, 1.54) is 44.9 Å². The Morgan fingerprint density at radius 1 is 1.05 bits per heavy atom. The van der Waals surface area contributed by atoms with E-state index in [2.05, 4.69) is 11.9 Å². The van der Waals surface area contributed by atoms with Crippen molar-refractivity contribution in [1.29, 1.82) is 0 Å². The van der Waals surface area contributed by atoms with E-state index in [1.807, 2.05) is 6.92 Å². The smallest absolute Gasteiger partial charge is 0.314 e. The van der Waals surface area contributed by atoms with Gasteiger partial charge < -0.3 is 4.74 Å². The molecule has 1 rings (SSSR count). The SMILES string of the molecule is CCCCCCCCCCC(C)C(=O)Oc1ccncc1. The number of carbonyl (C=O) groups is 1. The van der Waals surface area contributed by atoms with Crippen LogP contribution in [-0.4, -0.2) is 11.0 Å². The Hall–Kier alpha value is -1.38. The maximum atomic E-state index is 11.9. The lowest BCUT2D eigenvalue weighted by Crippen LogP contribution is -2.17. The third-order valence-electron chi connectivity index (χ3n) is 3.76. The molecule has 21 heavy (non-hydrogen) atoms. The van der Waals surface area contributed by atoms with E-state index in [0.717, 1.165) is 12.8 Å². The van der Waals surface area contributed by atoms with Crippen molar-refractivity contribution in [3.05, 3.63) is 24.5 Å². The molecule has 0 aliphatic heterocycles. The Morgan fingerprint density at radius 2 is 1.62 bits per heavy atom. The first kappa shape index (κ1) is 17.7. The number of esters is 1. The van der Waals surface area contributed by atoms with Gasteiger partial charge in [0.1, 0.15) is 5.75 Å². The number of aromatic nitrogens is 1. The van der Waals surface area contributed by atoms with Crippen molar-refractivity contribution in [2.24, 2.45) is 5.92 Å². The van der Waals surface area contributed by atoms with Crippen LogP contribution in [0, 0.1) is 5.92 Å². The second-order valence-corrected chi connectivity index (χ2v) is 5.77. The van der Waals surface area contributed by atoms with E-state index in [-0.39, 0.29) is 11.9 Å². The minimum absolute atomic E-state index is 0.0294. The van der Waals surface area contributed by atoms with Crippen LogP contribution in [0.1, 0.15) is 71.6 Å². The van der Waals surface area contributed by atoms with E-state index in [1.54, 1.807) is 24.5 Å². The highest BCUT2D eigenvalue weighted by atomic mass is 16.5. The largest absolute Gasteiger partial charge is 0.426 e. The van der Waals surface area contributed by atoms with Crippen LogP contribution in [0.15, 0.2) is 24.5 Å². The lowest BCUT2D eigenvalue weighted by molar-refractivity contribution is -0.138. The van der Waals surface area contributed by atoms with Crippen molar-refractivity contribution in [2.45, 2.75) is 71.6 Å². The average Bonchev–Trinajstić information content (AvgIpc) is 2.50. The first-order chi connectivity index (χ1) is 10.2. The van der Waals surface area contributed by atoms with Gasteiger partial charge in [0.2, 0.25) is 0 Å². The predicted octanol–water partition coefficient (Wildman–Crippen LogP) is 5.15. The summed E-state index contributed by atoms with van der Waals surface area (Å²) in [6.07, 6.45) is 14.5. The maximum absolute atomic E-state index is 11.9. The summed E-state index contributed by atoms with van der Waals surface area (Å²) in [5.74, 6) is 0.417. The number of pyridine rings is 1. The molecule has 0 bridgehead atoms. The lowest BCUT2D eigenvalue weighted by atomic mass is 10.0. The van der Waals surface area contributed by atoms with Crippen LogP contribution in [0.5, 0.6) is 5.75 Å². The molecule has 0 radical (unpaired) electrons. The van der Waals surface area contributed by atoms with Crippen LogP contribution >= 0.6 is 0 Å². The van der Waals surface area contributed by atoms with E-state index >= 15 is 0 Å². The quantitative estimate of drug-likeness (QED) is 0.418. The Kier molecular flexibility index (Phi) is 9.51. The molecule has 1 aromatic heterocycles. The Morgan fingerprint density at radius 3 is 2.24 bits per heavy atom. The van der Waals surface area contributed by atoms with E-state index in [0.29, 0.717) is 5.75 Å². The van der Waals surface area contributed by atoms with Gasteiger partial charge in [0, 0.05) is 12.4 Å². The van der Waals surface area contributed by atoms with Gasteiger partial charge in [0.05, 0.1) is 5.92 Å². The molecule has 0 aliphatic rings. The molecular weight excluding hydrogens is 262 g/mol. The molecule has 0 fully saturated rings. The lowest BCUT2D eigenvalue weighted by Gasteiger charge is -2.10. The van der Waals surface area contributed by atoms with Crippen LogP contribution < -0.4 is 4.74 Å². The zero-order valence-corrected chi connectivity index (χ0v) is 13.5. The average molecular weight is 291 g/mol. The second-order valence-electron chi connectivity index (χ2n) is 5.77. The molecule has 1 atom stereocenters. The van der Waals surface area contributed by atoms with Crippen LogP contribution in [0.4, 0.5) is 0 Å². The Balaban J connectivity index is 2.05. The van der Waals surface area contributed by atoms with Crippen molar-refractivity contribution < 1.29 is 9.53 Å². The molecule has 1 heterocycles. The third kappa shape index (κ3) is 8.49. The summed E-state index contributed by atoms with van der Waals surface area (Å²) in [5.41, 5.74) is 0. The number of rotatable bonds is 11. The van der Waals surface area contributed by atoms with Gasteiger partial charge in [-0.15, -0.1) is 0 Å². The standard InChI is InChI=1S/C18H29NO2/c1-3-4-5-6-7-8-9-10-11-16(2)18(20)21-17-12-14-19-15-13-17/h12-16H,3-11H2,1-2H3. The van der Waals surface area contributed by atoms with Crippen LogP contribution in [0.2, 0.25) is 0 Å². The minimum Gasteiger partial charge on any atom is -0.426 e. The monoisotopic (exact) mass is 291 g/mol. The van der Waals surface area contributed by atoms with Gasteiger partial charge in [-0.25, -0.2) is 0 Å². The molecule has 3 heteroatoms. The number of unbranched alkanes of at least 4 members (excludes halogenated alkanes) is 7. The van der Waals surface area contributed by atoms with Gasteiger partial charge in [-0.3, -0.25) is 9.78 Å². The van der Waals surface area contributed by atoms with Gasteiger partial charge in [0.15, 0.2) is 0 Å². The fourth-order valence-corrected chi connectivity index (χ4v) is 2.33. The highest BCUT2D eigenvalue weighted by Crippen LogP contribution is 2.16. The third-order valence-corrected chi connectivity index (χ3v) is 3.76. The van der Waals surface area contributed by atoms with Gasteiger partial charge in [0.25, 0.3) is 0 Å². The summed E-state index contributed by atoms with van der Waals surface area (Å²) in [6.45, 7) is 4.19. The van der Waals surface area contributed by atoms with Gasteiger partial charge in [-0.05, 0) is 18.6 Å². The number of nitrogens with zero attached hydrogens (tertiary/aromatic N) is 1. The topological polar surface area (TPSA) is 39.2 Å². The summed E-state index contributed by atoms with van der Waals surface area (Å²) in [6, 6.07) is 3.42. The minimum atomic E-state index is -0.135. The first-order valence-corrected chi connectivity index (χ1v) is 8.35. The zero-order chi connectivity index (χ0) is 15.3. The molecule has 118 valence electrons. The van der Waals surface area contributed by atoms with Crippen LogP contribution in [-0.2, 0) is 4.79 Å². The van der Waals surface area contributed by atoms with Gasteiger partial charge >= 0.3 is 5.97 Å². The molecule has 0 aromatic carbocycles. The molecule has 0 saturated heterocycles. The van der Waals surface area contributed by atoms with Gasteiger partial charge in [-0.2, -0.15) is 0 Å². The summed E-state index contributed by atoms with van der Waals surface area (Å²) >= 11 is 0. The van der Waals surface area contributed by atoms with Crippen molar-refractivity contribution in [3.8, 4) is 5.75 Å². The van der Waals surface area contributed by atoms with Gasteiger partial charge in [-0.1, -0.05) is 65.2 Å². The van der Waals surface area contributed by atoms with Crippen molar-refractivity contribution in [3.63, 3.8) is 0 Å². The number of hydrogen-bond acceptors (Lipinski definition) is 3. The number of ether oxygens (including phenoxy) is 1. The molecule has 0 saturated carbocycles. The second kappa shape index (κ2) is 11.3. The normalized spacial score (nSPS) is 12.1. The molecular formula is C18H29NO2. The van der Waals surface area contributed by atoms with Crippen LogP contribution in [0.25, 0.3) is 0 Å². The van der Waals surface area contributed by atoms with E-state index in [4.69, 9.17) is 4.74 Å². The maximum Gasteiger partial charge on any atom is 0.314 e. The molecule has 0 N–H and O–H groups in total. The van der Waals surface area contributed by atoms with Crippen LogP contribution in [0.3, 0.4) is 0 Å². The first-order valence-electron chi connectivity index (χ1n) is 8.35. The van der Waals surface area contributed by atoms with Crippen molar-refractivity contribution in [2.75, 3.05) is 0 Å². The summed E-state index contributed by atoms with van der Waals surface area (Å²) < 4.78 is 5.32. The fourth-order valence-electron chi connectivity index (χ4n) is 2.33. The summed E-state index contributed by atoms with van der Waals surface area (Å²) in [4.78, 5) is 15.8. The Labute approximate surface area is 129 Å². The summed E-state index contributed by atoms with van der Waals surface area (Å²) in [5, 5.41) is 0. The molecule has 0 aliphatic carbocycles. The molecule has 3 nitrogen and oxygen atoms in total. The highest BCUT2D eigenvalue weighted by molar-refractivity contribution is 5.74. The Bertz CT molecular complexity index is 378. The predicted molar refractivity (Wildman–Crippen MR) is 86.3 cm³/mol. The van der Waals surface area contributed by atoms with E-state index < -0.39 is 0 Å². The molecule has 1 aromatic rings.